The first-order valence-electron chi connectivity index (χ1n) is 8.03. The van der Waals surface area contributed by atoms with Crippen molar-refractivity contribution in [2.45, 2.75) is 44.3 Å². The Bertz CT molecular complexity index is 568. The smallest absolute Gasteiger partial charge is 0.381 e. The van der Waals surface area contributed by atoms with E-state index in [-0.39, 0.29) is 30.4 Å². The number of carbonyl (C=O) groups excluding carboxylic acids is 1. The number of halogens is 4. The number of ether oxygens (including phenoxy) is 1. The molecule has 24 heavy (non-hydrogen) atoms. The lowest BCUT2D eigenvalue weighted by atomic mass is 9.91. The van der Waals surface area contributed by atoms with Gasteiger partial charge in [-0.1, -0.05) is 13.0 Å². The maximum absolute atomic E-state index is 13.8. The van der Waals surface area contributed by atoms with Gasteiger partial charge >= 0.3 is 6.18 Å². The number of hydrogen-bond donors (Lipinski definition) is 1. The number of benzene rings is 1. The molecule has 134 valence electrons. The van der Waals surface area contributed by atoms with E-state index < -0.39 is 23.5 Å². The van der Waals surface area contributed by atoms with Gasteiger partial charge in [-0.05, 0) is 30.5 Å². The highest BCUT2D eigenvalue weighted by Gasteiger charge is 2.34. The van der Waals surface area contributed by atoms with Crippen molar-refractivity contribution in [3.63, 3.8) is 0 Å². The van der Waals surface area contributed by atoms with Crippen LogP contribution in [0.5, 0.6) is 0 Å². The van der Waals surface area contributed by atoms with Gasteiger partial charge in [0.25, 0.3) is 0 Å². The normalized spacial score (nSPS) is 17.7. The second-order valence-electron chi connectivity index (χ2n) is 5.90. The number of Topliss-reactive ketones (excluding diaryl/α,β-unsaturated/α-hetero) is 1. The second kappa shape index (κ2) is 8.07. The molecule has 0 amide bonds. The zero-order chi connectivity index (χ0) is 17.7. The van der Waals surface area contributed by atoms with E-state index in [0.717, 1.165) is 18.9 Å². The van der Waals surface area contributed by atoms with E-state index in [0.29, 0.717) is 19.3 Å². The molecule has 1 atom stereocenters. The fourth-order valence-electron chi connectivity index (χ4n) is 2.83. The topological polar surface area (TPSA) is 38.3 Å². The third-order valence-corrected chi connectivity index (χ3v) is 4.27. The summed E-state index contributed by atoms with van der Waals surface area (Å²) < 4.78 is 57.1. The Labute approximate surface area is 138 Å². The molecule has 0 saturated carbocycles. The lowest BCUT2D eigenvalue weighted by Gasteiger charge is -2.26. The maximum atomic E-state index is 13.8. The third kappa shape index (κ3) is 4.77. The third-order valence-electron chi connectivity index (χ3n) is 4.27. The van der Waals surface area contributed by atoms with Gasteiger partial charge in [-0.15, -0.1) is 0 Å². The molecule has 3 nitrogen and oxygen atoms in total. The van der Waals surface area contributed by atoms with Crippen LogP contribution >= 0.6 is 0 Å². The van der Waals surface area contributed by atoms with E-state index >= 15 is 0 Å². The van der Waals surface area contributed by atoms with Crippen LogP contribution in [-0.4, -0.2) is 31.6 Å². The first-order chi connectivity index (χ1) is 11.3. The van der Waals surface area contributed by atoms with Crippen LogP contribution in [0.15, 0.2) is 18.2 Å². The summed E-state index contributed by atoms with van der Waals surface area (Å²) in [4.78, 5) is 12.2. The van der Waals surface area contributed by atoms with Crippen molar-refractivity contribution in [1.82, 2.24) is 5.32 Å². The molecule has 1 aromatic carbocycles. The standard InChI is InChI=1S/C17H21F4NO2/c1-2-16(23)13(10-22-12-5-7-24-8-6-12)11-3-4-14(15(18)9-11)17(19,20)21/h3-4,9,12-13,22H,2,5-8,10H2,1H3/t13-/m1/s1. The fourth-order valence-corrected chi connectivity index (χ4v) is 2.83. The van der Waals surface area contributed by atoms with Gasteiger partial charge in [0.15, 0.2) is 0 Å². The predicted molar refractivity (Wildman–Crippen MR) is 81.3 cm³/mol. The lowest BCUT2D eigenvalue weighted by molar-refractivity contribution is -0.140. The van der Waals surface area contributed by atoms with Gasteiger partial charge in [0.05, 0.1) is 11.5 Å². The van der Waals surface area contributed by atoms with Gasteiger partial charge in [-0.3, -0.25) is 4.79 Å². The van der Waals surface area contributed by atoms with Crippen LogP contribution in [0, 0.1) is 5.82 Å². The summed E-state index contributed by atoms with van der Waals surface area (Å²) in [5.74, 6) is -2.14. The van der Waals surface area contributed by atoms with Gasteiger partial charge in [-0.2, -0.15) is 13.2 Å². The molecule has 1 heterocycles. The molecular formula is C17H21F4NO2. The minimum Gasteiger partial charge on any atom is -0.381 e. The van der Waals surface area contributed by atoms with Gasteiger partial charge in [0, 0.05) is 32.2 Å². The van der Waals surface area contributed by atoms with Gasteiger partial charge in [-0.25, -0.2) is 4.39 Å². The van der Waals surface area contributed by atoms with Crippen LogP contribution < -0.4 is 5.32 Å². The van der Waals surface area contributed by atoms with Crippen LogP contribution in [0.2, 0.25) is 0 Å². The van der Waals surface area contributed by atoms with Crippen LogP contribution in [-0.2, 0) is 15.7 Å². The molecule has 7 heteroatoms. The summed E-state index contributed by atoms with van der Waals surface area (Å²) in [6, 6.07) is 2.92. The molecule has 0 radical (unpaired) electrons. The molecule has 1 fully saturated rings. The van der Waals surface area contributed by atoms with Crippen molar-refractivity contribution in [3.8, 4) is 0 Å². The van der Waals surface area contributed by atoms with E-state index in [4.69, 9.17) is 4.74 Å². The number of ketones is 1. The predicted octanol–water partition coefficient (Wildman–Crippen LogP) is 3.68. The zero-order valence-electron chi connectivity index (χ0n) is 13.5. The van der Waals surface area contributed by atoms with Crippen molar-refractivity contribution < 1.29 is 27.1 Å². The number of nitrogens with one attached hydrogen (secondary N) is 1. The Morgan fingerprint density at radius 3 is 2.54 bits per heavy atom. The summed E-state index contributed by atoms with van der Waals surface area (Å²) in [7, 11) is 0. The van der Waals surface area contributed by atoms with Crippen LogP contribution in [0.4, 0.5) is 17.6 Å². The summed E-state index contributed by atoms with van der Waals surface area (Å²) in [5, 5.41) is 3.25. The molecule has 0 bridgehead atoms. The number of alkyl halides is 3. The highest BCUT2D eigenvalue weighted by atomic mass is 19.4. The SMILES string of the molecule is CCC(=O)[C@H](CNC1CCOCC1)c1ccc(C(F)(F)F)c(F)c1. The van der Waals surface area contributed by atoms with Crippen molar-refractivity contribution in [1.29, 1.82) is 0 Å². The Morgan fingerprint density at radius 1 is 1.33 bits per heavy atom. The Kier molecular flexibility index (Phi) is 6.34. The fraction of sp³-hybridized carbons (Fsp3) is 0.588. The van der Waals surface area contributed by atoms with Gasteiger partial charge < -0.3 is 10.1 Å². The van der Waals surface area contributed by atoms with Gasteiger partial charge in [0.2, 0.25) is 0 Å². The van der Waals surface area contributed by atoms with Gasteiger partial charge in [0.1, 0.15) is 11.6 Å². The van der Waals surface area contributed by atoms with E-state index in [2.05, 4.69) is 5.32 Å². The lowest BCUT2D eigenvalue weighted by Crippen LogP contribution is -2.38. The minimum absolute atomic E-state index is 0.131. The quantitative estimate of drug-likeness (QED) is 0.798. The summed E-state index contributed by atoms with van der Waals surface area (Å²) in [6.07, 6.45) is -2.88. The van der Waals surface area contributed by atoms with Crippen LogP contribution in [0.1, 0.15) is 43.2 Å². The van der Waals surface area contributed by atoms with E-state index in [1.165, 1.54) is 6.07 Å². The molecule has 0 aromatic heterocycles. The average molecular weight is 347 g/mol. The van der Waals surface area contributed by atoms with Crippen molar-refractivity contribution in [2.24, 2.45) is 0 Å². The molecule has 1 saturated heterocycles. The minimum atomic E-state index is -4.74. The Balaban J connectivity index is 2.15. The number of rotatable bonds is 6. The van der Waals surface area contributed by atoms with Crippen molar-refractivity contribution in [3.05, 3.63) is 35.1 Å². The van der Waals surface area contributed by atoms with Crippen LogP contribution in [0.25, 0.3) is 0 Å². The van der Waals surface area contributed by atoms with E-state index in [1.54, 1.807) is 6.92 Å². The molecule has 0 spiro atoms. The molecular weight excluding hydrogens is 326 g/mol. The molecule has 0 aliphatic carbocycles. The highest BCUT2D eigenvalue weighted by molar-refractivity contribution is 5.85. The highest BCUT2D eigenvalue weighted by Crippen LogP contribution is 2.33. The second-order valence-corrected chi connectivity index (χ2v) is 5.90. The monoisotopic (exact) mass is 347 g/mol. The molecule has 1 aromatic rings. The van der Waals surface area contributed by atoms with Crippen LogP contribution in [0.3, 0.4) is 0 Å². The molecule has 2 rings (SSSR count). The van der Waals surface area contributed by atoms with E-state index in [1.807, 2.05) is 0 Å². The Morgan fingerprint density at radius 2 is 2.00 bits per heavy atom. The first-order valence-corrected chi connectivity index (χ1v) is 8.03. The first kappa shape index (κ1) is 18.9. The number of hydrogen-bond acceptors (Lipinski definition) is 3. The summed E-state index contributed by atoms with van der Waals surface area (Å²) in [5.41, 5.74) is -1.04. The molecule has 1 aliphatic heterocycles. The molecule has 1 N–H and O–H groups in total. The van der Waals surface area contributed by atoms with E-state index in [9.17, 15) is 22.4 Å². The average Bonchev–Trinajstić information content (AvgIpc) is 2.54. The van der Waals surface area contributed by atoms with Crippen molar-refractivity contribution in [2.75, 3.05) is 19.8 Å². The Hall–Kier alpha value is -1.47. The number of carbonyl (C=O) groups is 1. The molecule has 0 unspecified atom stereocenters. The summed E-state index contributed by atoms with van der Waals surface area (Å²) >= 11 is 0. The zero-order valence-corrected chi connectivity index (χ0v) is 13.5. The maximum Gasteiger partial charge on any atom is 0.419 e. The van der Waals surface area contributed by atoms with Crippen molar-refractivity contribution >= 4 is 5.78 Å². The largest absolute Gasteiger partial charge is 0.419 e. The summed E-state index contributed by atoms with van der Waals surface area (Å²) in [6.45, 7) is 3.24. The molecule has 1 aliphatic rings.